The number of amides is 1. The zero-order chi connectivity index (χ0) is 10.8. The fourth-order valence-corrected chi connectivity index (χ4v) is 2.29. The van der Waals surface area contributed by atoms with Gasteiger partial charge in [0.2, 0.25) is 11.0 Å². The number of rotatable bonds is 2. The highest BCUT2D eigenvalue weighted by Crippen LogP contribution is 2.21. The monoisotopic (exact) mass is 215 g/mol. The first-order valence-corrected chi connectivity index (χ1v) is 5.83. The highest BCUT2D eigenvalue weighted by Gasteiger charge is 2.27. The molecule has 4 heteroatoms. The van der Waals surface area contributed by atoms with Crippen LogP contribution in [-0.4, -0.2) is 22.8 Å². The third-order valence-electron chi connectivity index (χ3n) is 1.96. The number of carbonyl (C=O) groups is 2. The summed E-state index contributed by atoms with van der Waals surface area (Å²) in [5, 5.41) is 2.88. The van der Waals surface area contributed by atoms with Crippen LogP contribution in [0.3, 0.4) is 0 Å². The van der Waals surface area contributed by atoms with E-state index in [1.54, 1.807) is 0 Å². The van der Waals surface area contributed by atoms with Crippen LogP contribution in [0, 0.1) is 5.41 Å². The van der Waals surface area contributed by atoms with Gasteiger partial charge in [-0.3, -0.25) is 9.59 Å². The minimum absolute atomic E-state index is 0.0150. The number of hydrogen-bond acceptors (Lipinski definition) is 3. The molecule has 1 amide bonds. The molecule has 0 bridgehead atoms. The van der Waals surface area contributed by atoms with Crippen LogP contribution >= 0.6 is 11.8 Å². The number of nitrogens with one attached hydrogen (secondary N) is 1. The number of carbonyl (C=O) groups excluding carboxylic acids is 2. The summed E-state index contributed by atoms with van der Waals surface area (Å²) in [6.07, 6.45) is 1.25. The number of thioether (sulfide) groups is 1. The molecule has 1 saturated heterocycles. The predicted molar refractivity (Wildman–Crippen MR) is 58.1 cm³/mol. The van der Waals surface area contributed by atoms with Gasteiger partial charge in [-0.25, -0.2) is 0 Å². The van der Waals surface area contributed by atoms with E-state index in [4.69, 9.17) is 0 Å². The minimum Gasteiger partial charge on any atom is -0.345 e. The lowest BCUT2D eigenvalue weighted by Gasteiger charge is -2.18. The lowest BCUT2D eigenvalue weighted by atomic mass is 9.92. The van der Waals surface area contributed by atoms with Crippen molar-refractivity contribution in [1.82, 2.24) is 5.32 Å². The third-order valence-corrected chi connectivity index (χ3v) is 2.97. The van der Waals surface area contributed by atoms with Crippen molar-refractivity contribution in [2.24, 2.45) is 5.41 Å². The van der Waals surface area contributed by atoms with Crippen LogP contribution in [0.2, 0.25) is 0 Å². The Morgan fingerprint density at radius 2 is 2.21 bits per heavy atom. The van der Waals surface area contributed by atoms with E-state index in [9.17, 15) is 9.59 Å². The van der Waals surface area contributed by atoms with Crippen LogP contribution in [0.5, 0.6) is 0 Å². The molecule has 1 rings (SSSR count). The van der Waals surface area contributed by atoms with Crippen molar-refractivity contribution in [3.63, 3.8) is 0 Å². The van der Waals surface area contributed by atoms with Gasteiger partial charge in [0.15, 0.2) is 0 Å². The van der Waals surface area contributed by atoms with E-state index in [2.05, 4.69) is 5.32 Å². The third kappa shape index (κ3) is 3.70. The van der Waals surface area contributed by atoms with Crippen LogP contribution in [-0.2, 0) is 9.59 Å². The summed E-state index contributed by atoms with van der Waals surface area (Å²) in [6, 6.07) is -0.241. The van der Waals surface area contributed by atoms with Gasteiger partial charge in [-0.05, 0) is 11.8 Å². The van der Waals surface area contributed by atoms with Crippen molar-refractivity contribution >= 4 is 22.8 Å². The van der Waals surface area contributed by atoms with Gasteiger partial charge in [0.05, 0.1) is 6.04 Å². The van der Waals surface area contributed by atoms with E-state index in [1.807, 2.05) is 20.8 Å². The Hall–Kier alpha value is -0.510. The van der Waals surface area contributed by atoms with Gasteiger partial charge < -0.3 is 5.32 Å². The molecule has 1 aliphatic heterocycles. The molecule has 80 valence electrons. The molecule has 1 N–H and O–H groups in total. The van der Waals surface area contributed by atoms with Crippen LogP contribution in [0.15, 0.2) is 0 Å². The molecule has 0 saturated carbocycles. The van der Waals surface area contributed by atoms with Crippen LogP contribution < -0.4 is 5.32 Å². The fraction of sp³-hybridized carbons (Fsp3) is 0.800. The maximum Gasteiger partial charge on any atom is 0.221 e. The molecule has 0 aliphatic carbocycles. The zero-order valence-electron chi connectivity index (χ0n) is 8.92. The standard InChI is InChI=1S/C10H17NO2S/c1-10(2,3)6-8(12)11-7-4-5-14-9(7)13/h7H,4-6H2,1-3H3,(H,11,12)/t7-/m0/s1. The largest absolute Gasteiger partial charge is 0.345 e. The summed E-state index contributed by atoms with van der Waals surface area (Å²) in [4.78, 5) is 22.7. The van der Waals surface area contributed by atoms with Gasteiger partial charge in [-0.2, -0.15) is 0 Å². The Bertz CT molecular complexity index is 245. The van der Waals surface area contributed by atoms with Gasteiger partial charge in [-0.15, -0.1) is 0 Å². The second-order valence-corrected chi connectivity index (χ2v) is 5.91. The summed E-state index contributed by atoms with van der Waals surface area (Å²) >= 11 is 1.31. The highest BCUT2D eigenvalue weighted by atomic mass is 32.2. The average molecular weight is 215 g/mol. The summed E-state index contributed by atoms with van der Waals surface area (Å²) in [7, 11) is 0. The van der Waals surface area contributed by atoms with Gasteiger partial charge >= 0.3 is 0 Å². The molecule has 0 radical (unpaired) electrons. The highest BCUT2D eigenvalue weighted by molar-refractivity contribution is 8.14. The first-order chi connectivity index (χ1) is 6.38. The molecule has 1 atom stereocenters. The second kappa shape index (κ2) is 4.34. The van der Waals surface area contributed by atoms with Crippen molar-refractivity contribution < 1.29 is 9.59 Å². The van der Waals surface area contributed by atoms with Crippen molar-refractivity contribution in [2.75, 3.05) is 5.75 Å². The van der Waals surface area contributed by atoms with Crippen molar-refractivity contribution in [3.8, 4) is 0 Å². The SMILES string of the molecule is CC(C)(C)CC(=O)N[C@H]1CCSC1=O. The molecular weight excluding hydrogens is 198 g/mol. The first kappa shape index (κ1) is 11.6. The average Bonchev–Trinajstić information content (AvgIpc) is 2.32. The Morgan fingerprint density at radius 1 is 1.57 bits per heavy atom. The summed E-state index contributed by atoms with van der Waals surface area (Å²) in [5.74, 6) is 0.817. The summed E-state index contributed by atoms with van der Waals surface area (Å²) in [5.41, 5.74) is -0.0150. The van der Waals surface area contributed by atoms with E-state index in [0.717, 1.165) is 12.2 Å². The summed E-state index contributed by atoms with van der Waals surface area (Å²) < 4.78 is 0. The molecule has 0 aromatic heterocycles. The molecule has 0 spiro atoms. The lowest BCUT2D eigenvalue weighted by Crippen LogP contribution is -2.38. The normalized spacial score (nSPS) is 22.5. The van der Waals surface area contributed by atoms with E-state index < -0.39 is 0 Å². The van der Waals surface area contributed by atoms with Crippen LogP contribution in [0.4, 0.5) is 0 Å². The van der Waals surface area contributed by atoms with Gasteiger partial charge in [0, 0.05) is 12.2 Å². The molecule has 1 heterocycles. The van der Waals surface area contributed by atoms with E-state index >= 15 is 0 Å². The molecule has 0 aromatic carbocycles. The van der Waals surface area contributed by atoms with Crippen molar-refractivity contribution in [3.05, 3.63) is 0 Å². The van der Waals surface area contributed by atoms with Gasteiger partial charge in [0.25, 0.3) is 0 Å². The zero-order valence-corrected chi connectivity index (χ0v) is 9.74. The van der Waals surface area contributed by atoms with E-state index in [-0.39, 0.29) is 22.5 Å². The maximum absolute atomic E-state index is 11.5. The quantitative estimate of drug-likeness (QED) is 0.760. The lowest BCUT2D eigenvalue weighted by molar-refractivity contribution is -0.126. The topological polar surface area (TPSA) is 46.2 Å². The first-order valence-electron chi connectivity index (χ1n) is 4.84. The van der Waals surface area contributed by atoms with Gasteiger partial charge in [-0.1, -0.05) is 32.5 Å². The molecule has 0 aromatic rings. The maximum atomic E-state index is 11.5. The van der Waals surface area contributed by atoms with Gasteiger partial charge in [0.1, 0.15) is 0 Å². The Kier molecular flexibility index (Phi) is 3.59. The fourth-order valence-electron chi connectivity index (χ4n) is 1.35. The Morgan fingerprint density at radius 3 is 2.64 bits per heavy atom. The Balaban J connectivity index is 2.37. The molecule has 14 heavy (non-hydrogen) atoms. The smallest absolute Gasteiger partial charge is 0.221 e. The van der Waals surface area contributed by atoms with Crippen molar-refractivity contribution in [2.45, 2.75) is 39.7 Å². The van der Waals surface area contributed by atoms with E-state index in [0.29, 0.717) is 6.42 Å². The predicted octanol–water partition coefficient (Wildman–Crippen LogP) is 1.57. The summed E-state index contributed by atoms with van der Waals surface area (Å²) in [6.45, 7) is 6.04. The molecule has 1 fully saturated rings. The molecular formula is C10H17NO2S. The molecule has 0 unspecified atom stereocenters. The molecule has 1 aliphatic rings. The Labute approximate surface area is 89.0 Å². The molecule has 3 nitrogen and oxygen atoms in total. The van der Waals surface area contributed by atoms with E-state index in [1.165, 1.54) is 11.8 Å². The van der Waals surface area contributed by atoms with Crippen molar-refractivity contribution in [1.29, 1.82) is 0 Å². The number of hydrogen-bond donors (Lipinski definition) is 1. The van der Waals surface area contributed by atoms with Crippen LogP contribution in [0.25, 0.3) is 0 Å². The minimum atomic E-state index is -0.241. The van der Waals surface area contributed by atoms with Crippen LogP contribution in [0.1, 0.15) is 33.6 Å². The second-order valence-electron chi connectivity index (χ2n) is 4.81.